The topological polar surface area (TPSA) is 106 Å². The van der Waals surface area contributed by atoms with Crippen LogP contribution in [0.25, 0.3) is 0 Å². The number of carbonyl (C=O) groups is 3. The summed E-state index contributed by atoms with van der Waals surface area (Å²) < 4.78 is 0. The van der Waals surface area contributed by atoms with Gasteiger partial charge in [0.1, 0.15) is 0 Å². The van der Waals surface area contributed by atoms with E-state index in [9.17, 15) is 14.4 Å². The van der Waals surface area contributed by atoms with Crippen LogP contribution in [0.1, 0.15) is 24.0 Å². The maximum atomic E-state index is 12.0. The first-order chi connectivity index (χ1) is 11.9. The molecule has 0 atom stereocenters. The number of aryl methyl sites for hydroxylation is 1. The first kappa shape index (κ1) is 18.9. The van der Waals surface area contributed by atoms with Crippen LogP contribution >= 0.6 is 0 Å². The molecule has 0 radical (unpaired) electrons. The van der Waals surface area contributed by atoms with Crippen molar-refractivity contribution in [2.45, 2.75) is 26.7 Å². The van der Waals surface area contributed by atoms with Crippen molar-refractivity contribution in [3.8, 4) is 0 Å². The second-order valence-electron chi connectivity index (χ2n) is 6.68. The average molecular weight is 347 g/mol. The van der Waals surface area contributed by atoms with Gasteiger partial charge in [-0.25, -0.2) is 0 Å². The van der Waals surface area contributed by atoms with Gasteiger partial charge in [0.25, 0.3) is 5.91 Å². The highest BCUT2D eigenvalue weighted by Gasteiger charge is 2.27. The van der Waals surface area contributed by atoms with Crippen molar-refractivity contribution in [3.05, 3.63) is 29.3 Å². The molecule has 1 aliphatic heterocycles. The van der Waals surface area contributed by atoms with E-state index in [1.165, 1.54) is 0 Å². The summed E-state index contributed by atoms with van der Waals surface area (Å²) in [6.45, 7) is 5.68. The summed E-state index contributed by atoms with van der Waals surface area (Å²) in [5.41, 5.74) is 8.19. The van der Waals surface area contributed by atoms with Crippen LogP contribution in [0.3, 0.4) is 0 Å². The van der Waals surface area contributed by atoms with Crippen LogP contribution in [0.2, 0.25) is 0 Å². The SMILES string of the molecule is Cc1cccc(NC(=O)CNC(=O)C[NH+]2CCC(C(N)=O)CC2)c1C. The second-order valence-corrected chi connectivity index (χ2v) is 6.68. The van der Waals surface area contributed by atoms with E-state index in [-0.39, 0.29) is 30.2 Å². The molecule has 1 heterocycles. The van der Waals surface area contributed by atoms with E-state index >= 15 is 0 Å². The lowest BCUT2D eigenvalue weighted by molar-refractivity contribution is -0.897. The Bertz CT molecular complexity index is 652. The van der Waals surface area contributed by atoms with Crippen LogP contribution in [0.4, 0.5) is 5.69 Å². The van der Waals surface area contributed by atoms with Crippen molar-refractivity contribution < 1.29 is 19.3 Å². The molecule has 0 aliphatic carbocycles. The molecule has 0 unspecified atom stereocenters. The number of rotatable bonds is 6. The highest BCUT2D eigenvalue weighted by molar-refractivity contribution is 5.95. The monoisotopic (exact) mass is 347 g/mol. The predicted octanol–water partition coefficient (Wildman–Crippen LogP) is -0.862. The highest BCUT2D eigenvalue weighted by Crippen LogP contribution is 2.17. The van der Waals surface area contributed by atoms with Crippen molar-refractivity contribution >= 4 is 23.4 Å². The van der Waals surface area contributed by atoms with Gasteiger partial charge in [0.05, 0.1) is 19.6 Å². The molecular formula is C18H27N4O3+. The maximum Gasteiger partial charge on any atom is 0.275 e. The van der Waals surface area contributed by atoms with Crippen LogP contribution in [0.15, 0.2) is 18.2 Å². The van der Waals surface area contributed by atoms with Gasteiger partial charge in [0, 0.05) is 24.4 Å². The Morgan fingerprint density at radius 3 is 2.48 bits per heavy atom. The van der Waals surface area contributed by atoms with Crippen molar-refractivity contribution in [3.63, 3.8) is 0 Å². The number of hydrogen-bond acceptors (Lipinski definition) is 3. The van der Waals surface area contributed by atoms with Crippen LogP contribution < -0.4 is 21.3 Å². The van der Waals surface area contributed by atoms with Crippen LogP contribution in [0, 0.1) is 19.8 Å². The molecule has 1 aliphatic rings. The normalized spacial score (nSPS) is 19.9. The molecule has 0 spiro atoms. The van der Waals surface area contributed by atoms with Gasteiger partial charge in [-0.05, 0) is 31.0 Å². The quantitative estimate of drug-likeness (QED) is 0.538. The van der Waals surface area contributed by atoms with Crippen LogP contribution in [-0.2, 0) is 14.4 Å². The Morgan fingerprint density at radius 1 is 1.16 bits per heavy atom. The Labute approximate surface area is 147 Å². The smallest absolute Gasteiger partial charge is 0.275 e. The Morgan fingerprint density at radius 2 is 1.84 bits per heavy atom. The lowest BCUT2D eigenvalue weighted by Crippen LogP contribution is -3.14. The van der Waals surface area contributed by atoms with Crippen LogP contribution in [0.5, 0.6) is 0 Å². The van der Waals surface area contributed by atoms with Gasteiger partial charge < -0.3 is 21.3 Å². The fraction of sp³-hybridized carbons (Fsp3) is 0.500. The first-order valence-electron chi connectivity index (χ1n) is 8.62. The molecule has 1 aromatic rings. The summed E-state index contributed by atoms with van der Waals surface area (Å²) >= 11 is 0. The first-order valence-corrected chi connectivity index (χ1v) is 8.62. The molecule has 3 amide bonds. The lowest BCUT2D eigenvalue weighted by atomic mass is 9.96. The van der Waals surface area contributed by atoms with Crippen molar-refractivity contribution in [2.75, 3.05) is 31.5 Å². The molecule has 0 saturated carbocycles. The number of anilines is 1. The zero-order valence-corrected chi connectivity index (χ0v) is 14.9. The number of nitrogens with one attached hydrogen (secondary N) is 3. The summed E-state index contributed by atoms with van der Waals surface area (Å²) in [6, 6.07) is 5.71. The van der Waals surface area contributed by atoms with Crippen molar-refractivity contribution in [1.29, 1.82) is 0 Å². The maximum absolute atomic E-state index is 12.0. The molecule has 0 aromatic heterocycles. The molecule has 7 nitrogen and oxygen atoms in total. The van der Waals surface area contributed by atoms with Crippen molar-refractivity contribution in [2.24, 2.45) is 11.7 Å². The van der Waals surface area contributed by atoms with Gasteiger partial charge in [-0.2, -0.15) is 0 Å². The number of carbonyl (C=O) groups excluding carboxylic acids is 3. The zero-order valence-electron chi connectivity index (χ0n) is 14.9. The van der Waals surface area contributed by atoms with E-state index in [4.69, 9.17) is 5.73 Å². The molecule has 136 valence electrons. The highest BCUT2D eigenvalue weighted by atomic mass is 16.2. The van der Waals surface area contributed by atoms with Crippen molar-refractivity contribution in [1.82, 2.24) is 5.32 Å². The molecule has 25 heavy (non-hydrogen) atoms. The minimum absolute atomic E-state index is 0.0522. The Balaban J connectivity index is 1.72. The van der Waals surface area contributed by atoms with E-state index in [0.29, 0.717) is 19.4 Å². The molecular weight excluding hydrogens is 320 g/mol. The predicted molar refractivity (Wildman–Crippen MR) is 95.0 cm³/mol. The minimum atomic E-state index is -0.258. The molecule has 5 N–H and O–H groups in total. The van der Waals surface area contributed by atoms with E-state index < -0.39 is 0 Å². The summed E-state index contributed by atoms with van der Waals surface area (Å²) in [4.78, 5) is 36.3. The third kappa shape index (κ3) is 5.56. The standard InChI is InChI=1S/C18H26N4O3/c1-12-4-3-5-15(13(12)2)21-16(23)10-20-17(24)11-22-8-6-14(7-9-22)18(19)25/h3-5,14H,6-11H2,1-2H3,(H2,19,25)(H,20,24)(H,21,23)/p+1. The van der Waals surface area contributed by atoms with E-state index in [1.807, 2.05) is 32.0 Å². The molecule has 1 fully saturated rings. The summed E-state index contributed by atoms with van der Waals surface area (Å²) in [5, 5.41) is 5.47. The minimum Gasteiger partial charge on any atom is -0.369 e. The Kier molecular flexibility index (Phi) is 6.52. The third-order valence-corrected chi connectivity index (χ3v) is 4.83. The largest absolute Gasteiger partial charge is 0.369 e. The van der Waals surface area contributed by atoms with Gasteiger partial charge >= 0.3 is 0 Å². The van der Waals surface area contributed by atoms with Crippen LogP contribution in [-0.4, -0.2) is 43.9 Å². The summed E-state index contributed by atoms with van der Waals surface area (Å²) in [6.07, 6.45) is 1.43. The molecule has 2 rings (SSSR count). The fourth-order valence-electron chi connectivity index (χ4n) is 3.04. The summed E-state index contributed by atoms with van der Waals surface area (Å²) in [5.74, 6) is -0.741. The zero-order chi connectivity index (χ0) is 18.4. The van der Waals surface area contributed by atoms with Gasteiger partial charge in [0.2, 0.25) is 11.8 Å². The van der Waals surface area contributed by atoms with E-state index in [1.54, 1.807) is 0 Å². The molecule has 1 saturated heterocycles. The number of primary amides is 1. The molecule has 0 bridgehead atoms. The number of piperidine rings is 1. The number of nitrogens with two attached hydrogens (primary N) is 1. The Hall–Kier alpha value is -2.41. The summed E-state index contributed by atoms with van der Waals surface area (Å²) in [7, 11) is 0. The van der Waals surface area contributed by atoms with E-state index in [0.717, 1.165) is 34.8 Å². The number of likely N-dealkylation sites (tertiary alicyclic amines) is 1. The number of benzene rings is 1. The van der Waals surface area contributed by atoms with E-state index in [2.05, 4.69) is 10.6 Å². The number of amides is 3. The number of quaternary nitrogens is 1. The fourth-order valence-corrected chi connectivity index (χ4v) is 3.04. The number of hydrogen-bond donors (Lipinski definition) is 4. The second kappa shape index (κ2) is 8.62. The molecule has 1 aromatic carbocycles. The van der Waals surface area contributed by atoms with Gasteiger partial charge in [-0.15, -0.1) is 0 Å². The van der Waals surface area contributed by atoms with Gasteiger partial charge in [0.15, 0.2) is 6.54 Å². The van der Waals surface area contributed by atoms with Gasteiger partial charge in [-0.1, -0.05) is 12.1 Å². The third-order valence-electron chi connectivity index (χ3n) is 4.83. The molecule has 7 heteroatoms. The lowest BCUT2D eigenvalue weighted by Gasteiger charge is -2.27. The average Bonchev–Trinajstić information content (AvgIpc) is 2.58. The van der Waals surface area contributed by atoms with Gasteiger partial charge in [-0.3, -0.25) is 14.4 Å².